The van der Waals surface area contributed by atoms with Crippen LogP contribution in [0.3, 0.4) is 0 Å². The van der Waals surface area contributed by atoms with Crippen molar-refractivity contribution in [3.05, 3.63) is 23.8 Å². The smallest absolute Gasteiger partial charge is 0.242 e. The Morgan fingerprint density at radius 1 is 1.26 bits per heavy atom. The highest BCUT2D eigenvalue weighted by atomic mass is 32.2. The molecule has 1 aromatic rings. The summed E-state index contributed by atoms with van der Waals surface area (Å²) in [4.78, 5) is 12.8. The summed E-state index contributed by atoms with van der Waals surface area (Å²) in [7, 11) is -4.06. The van der Waals surface area contributed by atoms with Gasteiger partial charge in [-0.2, -0.15) is 0 Å². The number of piperidine rings is 1. The lowest BCUT2D eigenvalue weighted by atomic mass is 9.98. The Morgan fingerprint density at radius 2 is 1.93 bits per heavy atom. The van der Waals surface area contributed by atoms with Crippen molar-refractivity contribution in [3.8, 4) is 0 Å². The largest absolute Gasteiger partial charge is 0.326 e. The zero-order chi connectivity index (χ0) is 20.4. The Bertz CT molecular complexity index is 910. The van der Waals surface area contributed by atoms with Crippen LogP contribution < -0.4 is 5.32 Å². The minimum Gasteiger partial charge on any atom is -0.326 e. The van der Waals surface area contributed by atoms with Crippen LogP contribution in [0.5, 0.6) is 0 Å². The number of aryl methyl sites for hydroxylation is 1. The molecule has 1 heterocycles. The first kappa shape index (κ1) is 21.8. The summed E-state index contributed by atoms with van der Waals surface area (Å²) in [6.07, 6.45) is 1.21. The second-order valence-corrected chi connectivity index (χ2v) is 11.3. The van der Waals surface area contributed by atoms with Crippen molar-refractivity contribution >= 4 is 31.6 Å². The van der Waals surface area contributed by atoms with Crippen molar-refractivity contribution in [3.63, 3.8) is 0 Å². The maximum absolute atomic E-state index is 12.7. The number of carbonyl (C=O) groups is 1. The van der Waals surface area contributed by atoms with E-state index in [1.807, 2.05) is 0 Å². The SMILES string of the molecule is CCS(=O)(=O)N1CCC[C@H](C(=O)Nc2cc(S(=O)(=O)N(C)C)ccc2C)C1. The quantitative estimate of drug-likeness (QED) is 0.750. The first-order valence-corrected chi connectivity index (χ1v) is 11.9. The highest BCUT2D eigenvalue weighted by Gasteiger charge is 2.31. The summed E-state index contributed by atoms with van der Waals surface area (Å²) in [5, 5.41) is 2.78. The van der Waals surface area contributed by atoms with Crippen LogP contribution in [0.2, 0.25) is 0 Å². The van der Waals surface area contributed by atoms with Crippen LogP contribution in [0, 0.1) is 12.8 Å². The van der Waals surface area contributed by atoms with E-state index in [-0.39, 0.29) is 23.1 Å². The number of carbonyl (C=O) groups excluding carboxylic acids is 1. The van der Waals surface area contributed by atoms with E-state index in [9.17, 15) is 21.6 Å². The molecule has 1 atom stereocenters. The van der Waals surface area contributed by atoms with E-state index < -0.39 is 26.0 Å². The van der Waals surface area contributed by atoms with E-state index in [2.05, 4.69) is 5.32 Å². The predicted molar refractivity (Wildman–Crippen MR) is 104 cm³/mol. The Hall–Kier alpha value is -1.49. The number of amides is 1. The Balaban J connectivity index is 2.20. The van der Waals surface area contributed by atoms with Crippen LogP contribution in [0.1, 0.15) is 25.3 Å². The van der Waals surface area contributed by atoms with Gasteiger partial charge in [0.25, 0.3) is 0 Å². The van der Waals surface area contributed by atoms with Crippen molar-refractivity contribution in [2.75, 3.05) is 38.3 Å². The number of rotatable bonds is 6. The molecule has 0 aliphatic carbocycles. The van der Waals surface area contributed by atoms with Gasteiger partial charge in [0.2, 0.25) is 26.0 Å². The number of nitrogens with one attached hydrogen (secondary N) is 1. The normalized spacial score (nSPS) is 19.2. The molecular formula is C17H27N3O5S2. The lowest BCUT2D eigenvalue weighted by Gasteiger charge is -2.31. The van der Waals surface area contributed by atoms with Gasteiger partial charge in [-0.1, -0.05) is 6.07 Å². The Kier molecular flexibility index (Phi) is 6.67. The fraction of sp³-hybridized carbons (Fsp3) is 0.588. The monoisotopic (exact) mass is 417 g/mol. The summed E-state index contributed by atoms with van der Waals surface area (Å²) < 4.78 is 51.2. The van der Waals surface area contributed by atoms with Crippen molar-refractivity contribution in [2.45, 2.75) is 31.6 Å². The van der Waals surface area contributed by atoms with Crippen molar-refractivity contribution in [1.29, 1.82) is 0 Å². The molecule has 0 radical (unpaired) electrons. The van der Waals surface area contributed by atoms with Gasteiger partial charge in [-0.05, 0) is 44.4 Å². The molecule has 2 rings (SSSR count). The molecule has 10 heteroatoms. The van der Waals surface area contributed by atoms with Crippen molar-refractivity contribution < 1.29 is 21.6 Å². The van der Waals surface area contributed by atoms with Gasteiger partial charge < -0.3 is 5.32 Å². The molecule has 152 valence electrons. The fourth-order valence-electron chi connectivity index (χ4n) is 2.93. The standard InChI is InChI=1S/C17H27N3O5S2/c1-5-26(22,23)20-10-6-7-14(12-20)17(21)18-16-11-15(9-8-13(16)2)27(24,25)19(3)4/h8-9,11,14H,5-7,10,12H2,1-4H3,(H,18,21)/t14-/m0/s1. The third-order valence-electron chi connectivity index (χ3n) is 4.76. The van der Waals surface area contributed by atoms with E-state index >= 15 is 0 Å². The summed E-state index contributed by atoms with van der Waals surface area (Å²) in [6.45, 7) is 3.93. The molecule has 1 aliphatic rings. The average Bonchev–Trinajstić information content (AvgIpc) is 2.63. The van der Waals surface area contributed by atoms with E-state index in [1.54, 1.807) is 19.9 Å². The summed E-state index contributed by atoms with van der Waals surface area (Å²) in [6, 6.07) is 4.57. The second kappa shape index (κ2) is 8.26. The van der Waals surface area contributed by atoms with Crippen LogP contribution in [-0.2, 0) is 24.8 Å². The molecule has 1 aromatic carbocycles. The summed E-state index contributed by atoms with van der Waals surface area (Å²) in [5.41, 5.74) is 1.15. The van der Waals surface area contributed by atoms with Gasteiger partial charge in [-0.25, -0.2) is 25.4 Å². The molecule has 8 nitrogen and oxygen atoms in total. The van der Waals surface area contributed by atoms with E-state index in [0.29, 0.717) is 25.1 Å². The lowest BCUT2D eigenvalue weighted by molar-refractivity contribution is -0.120. The first-order valence-electron chi connectivity index (χ1n) is 8.81. The van der Waals surface area contributed by atoms with Crippen molar-refractivity contribution in [2.24, 2.45) is 5.92 Å². The van der Waals surface area contributed by atoms with Crippen LogP contribution in [0.4, 0.5) is 5.69 Å². The van der Waals surface area contributed by atoms with E-state index in [0.717, 1.165) is 9.87 Å². The van der Waals surface area contributed by atoms with Gasteiger partial charge in [-0.15, -0.1) is 0 Å². The van der Waals surface area contributed by atoms with Crippen LogP contribution >= 0.6 is 0 Å². The number of nitrogens with zero attached hydrogens (tertiary/aromatic N) is 2. The summed E-state index contributed by atoms with van der Waals surface area (Å²) in [5.74, 6) is -0.757. The maximum atomic E-state index is 12.7. The Labute approximate surface area is 161 Å². The molecule has 1 fully saturated rings. The molecule has 0 saturated carbocycles. The Morgan fingerprint density at radius 3 is 2.52 bits per heavy atom. The van der Waals surface area contributed by atoms with Crippen LogP contribution in [0.15, 0.2) is 23.1 Å². The molecule has 0 unspecified atom stereocenters. The minimum atomic E-state index is -3.61. The zero-order valence-electron chi connectivity index (χ0n) is 16.1. The van der Waals surface area contributed by atoms with Crippen molar-refractivity contribution in [1.82, 2.24) is 8.61 Å². The molecule has 1 amide bonds. The average molecular weight is 418 g/mol. The molecule has 1 aliphatic heterocycles. The topological polar surface area (TPSA) is 104 Å². The minimum absolute atomic E-state index is 0.00485. The predicted octanol–water partition coefficient (Wildman–Crippen LogP) is 1.25. The number of anilines is 1. The van der Waals surface area contributed by atoms with Gasteiger partial charge in [-0.3, -0.25) is 4.79 Å². The molecule has 0 bridgehead atoms. The number of benzene rings is 1. The number of sulfonamides is 2. The zero-order valence-corrected chi connectivity index (χ0v) is 17.7. The van der Waals surface area contributed by atoms with Gasteiger partial charge in [0, 0.05) is 32.9 Å². The number of hydrogen-bond donors (Lipinski definition) is 1. The maximum Gasteiger partial charge on any atom is 0.242 e. The first-order chi connectivity index (χ1) is 12.5. The van der Waals surface area contributed by atoms with Crippen LogP contribution in [0.25, 0.3) is 0 Å². The molecule has 27 heavy (non-hydrogen) atoms. The molecule has 0 aromatic heterocycles. The molecular weight excluding hydrogens is 390 g/mol. The summed E-state index contributed by atoms with van der Waals surface area (Å²) >= 11 is 0. The van der Waals surface area contributed by atoms with E-state index in [4.69, 9.17) is 0 Å². The fourth-order valence-corrected chi connectivity index (χ4v) is 5.04. The lowest BCUT2D eigenvalue weighted by Crippen LogP contribution is -2.44. The van der Waals surface area contributed by atoms with Gasteiger partial charge in [0.1, 0.15) is 0 Å². The molecule has 1 N–H and O–H groups in total. The van der Waals surface area contributed by atoms with Gasteiger partial charge >= 0.3 is 0 Å². The third-order valence-corrected chi connectivity index (χ3v) is 8.42. The molecule has 0 spiro atoms. The van der Waals surface area contributed by atoms with Crippen LogP contribution in [-0.4, -0.2) is 64.3 Å². The highest BCUT2D eigenvalue weighted by Crippen LogP contribution is 2.25. The van der Waals surface area contributed by atoms with Gasteiger partial charge in [0.05, 0.1) is 16.6 Å². The van der Waals surface area contributed by atoms with E-state index in [1.165, 1.54) is 30.5 Å². The second-order valence-electron chi connectivity index (χ2n) is 6.85. The highest BCUT2D eigenvalue weighted by molar-refractivity contribution is 7.89. The van der Waals surface area contributed by atoms with Gasteiger partial charge in [0.15, 0.2) is 0 Å². The third kappa shape index (κ3) is 4.87. The number of hydrogen-bond acceptors (Lipinski definition) is 5. The molecule has 1 saturated heterocycles.